The van der Waals surface area contributed by atoms with Gasteiger partial charge in [-0.05, 0) is 29.8 Å². The molecule has 21 heavy (non-hydrogen) atoms. The zero-order valence-electron chi connectivity index (χ0n) is 11.7. The maximum Gasteiger partial charge on any atom is 0.161 e. The second kappa shape index (κ2) is 5.79. The molecule has 4 heteroatoms. The Labute approximate surface area is 123 Å². The highest BCUT2D eigenvalue weighted by atomic mass is 16.5. The molecule has 0 unspecified atom stereocenters. The van der Waals surface area contributed by atoms with Crippen LogP contribution in [0.25, 0.3) is 0 Å². The van der Waals surface area contributed by atoms with Gasteiger partial charge in [0.25, 0.3) is 0 Å². The Hall–Kier alpha value is -2.62. The number of ether oxygens (including phenoxy) is 2. The van der Waals surface area contributed by atoms with Gasteiger partial charge < -0.3 is 9.47 Å². The number of nitrogens with zero attached hydrogens (tertiary/aromatic N) is 1. The Morgan fingerprint density at radius 1 is 1.19 bits per heavy atom. The Balaban J connectivity index is 1.71. The predicted octanol–water partition coefficient (Wildman–Crippen LogP) is 3.22. The van der Waals surface area contributed by atoms with Crippen molar-refractivity contribution in [2.45, 2.75) is 6.42 Å². The normalized spacial score (nSPS) is 12.5. The minimum Gasteiger partial charge on any atom is -0.493 e. The fourth-order valence-corrected chi connectivity index (χ4v) is 2.32. The minimum atomic E-state index is 0.408. The van der Waals surface area contributed by atoms with Gasteiger partial charge in [-0.15, -0.1) is 0 Å². The third-order valence-corrected chi connectivity index (χ3v) is 3.38. The van der Waals surface area contributed by atoms with E-state index in [2.05, 4.69) is 11.1 Å². The molecule has 1 heterocycles. The van der Waals surface area contributed by atoms with Crippen LogP contribution in [0.5, 0.6) is 11.5 Å². The number of benzene rings is 2. The van der Waals surface area contributed by atoms with Gasteiger partial charge >= 0.3 is 0 Å². The number of rotatable bonds is 5. The van der Waals surface area contributed by atoms with E-state index in [0.717, 1.165) is 24.1 Å². The van der Waals surface area contributed by atoms with E-state index in [1.807, 2.05) is 18.2 Å². The highest BCUT2D eigenvalue weighted by Gasteiger charge is 2.15. The third kappa shape index (κ3) is 2.79. The summed E-state index contributed by atoms with van der Waals surface area (Å²) in [5, 5.41) is 0. The van der Waals surface area contributed by atoms with E-state index in [-0.39, 0.29) is 0 Å². The standard InChI is InChI=1S/C17H15NO3/c1-20-17-8-12(10-19)6-7-16(17)21-11-14-9-13-4-2-3-5-15(13)18-14/h2-8,10H,9,11H2,1H3. The summed E-state index contributed by atoms with van der Waals surface area (Å²) in [6.45, 7) is 0.408. The van der Waals surface area contributed by atoms with Crippen LogP contribution in [0.4, 0.5) is 5.69 Å². The molecule has 2 aromatic carbocycles. The van der Waals surface area contributed by atoms with Gasteiger partial charge in [-0.1, -0.05) is 18.2 Å². The van der Waals surface area contributed by atoms with E-state index >= 15 is 0 Å². The molecule has 0 aromatic heterocycles. The summed E-state index contributed by atoms with van der Waals surface area (Å²) in [7, 11) is 1.56. The fourth-order valence-electron chi connectivity index (χ4n) is 2.32. The zero-order valence-corrected chi connectivity index (χ0v) is 11.7. The molecule has 0 aliphatic carbocycles. The van der Waals surface area contributed by atoms with Crippen LogP contribution in [0.2, 0.25) is 0 Å². The van der Waals surface area contributed by atoms with Crippen LogP contribution in [0.3, 0.4) is 0 Å². The lowest BCUT2D eigenvalue weighted by Crippen LogP contribution is -2.11. The van der Waals surface area contributed by atoms with Gasteiger partial charge in [-0.3, -0.25) is 9.79 Å². The third-order valence-electron chi connectivity index (χ3n) is 3.38. The topological polar surface area (TPSA) is 47.9 Å². The van der Waals surface area contributed by atoms with Crippen molar-refractivity contribution in [1.29, 1.82) is 0 Å². The molecule has 1 aliphatic heterocycles. The first-order valence-corrected chi connectivity index (χ1v) is 6.70. The van der Waals surface area contributed by atoms with Gasteiger partial charge in [-0.25, -0.2) is 0 Å². The Morgan fingerprint density at radius 2 is 2.05 bits per heavy atom. The van der Waals surface area contributed by atoms with Crippen molar-refractivity contribution in [2.24, 2.45) is 4.99 Å². The van der Waals surface area contributed by atoms with Crippen LogP contribution in [0.15, 0.2) is 47.5 Å². The van der Waals surface area contributed by atoms with E-state index in [9.17, 15) is 4.79 Å². The van der Waals surface area contributed by atoms with Crippen molar-refractivity contribution in [1.82, 2.24) is 0 Å². The van der Waals surface area contributed by atoms with Crippen molar-refractivity contribution in [3.63, 3.8) is 0 Å². The molecule has 0 fully saturated rings. The number of carbonyl (C=O) groups excluding carboxylic acids is 1. The van der Waals surface area contributed by atoms with E-state index in [1.54, 1.807) is 25.3 Å². The average molecular weight is 281 g/mol. The second-order valence-corrected chi connectivity index (χ2v) is 4.80. The van der Waals surface area contributed by atoms with Gasteiger partial charge in [0.15, 0.2) is 11.5 Å². The second-order valence-electron chi connectivity index (χ2n) is 4.80. The molecular weight excluding hydrogens is 266 g/mol. The molecule has 1 aliphatic rings. The van der Waals surface area contributed by atoms with Crippen LogP contribution in [0.1, 0.15) is 15.9 Å². The monoisotopic (exact) mass is 281 g/mol. The van der Waals surface area contributed by atoms with E-state index in [4.69, 9.17) is 9.47 Å². The molecule has 0 amide bonds. The van der Waals surface area contributed by atoms with E-state index in [0.29, 0.717) is 23.7 Å². The predicted molar refractivity (Wildman–Crippen MR) is 81.1 cm³/mol. The van der Waals surface area contributed by atoms with Crippen molar-refractivity contribution in [3.05, 3.63) is 53.6 Å². The van der Waals surface area contributed by atoms with Crippen LogP contribution in [-0.4, -0.2) is 25.7 Å². The number of aliphatic imine (C=N–C) groups is 1. The van der Waals surface area contributed by atoms with E-state index < -0.39 is 0 Å². The summed E-state index contributed by atoms with van der Waals surface area (Å²) in [5.74, 6) is 1.16. The molecule has 0 radical (unpaired) electrons. The van der Waals surface area contributed by atoms with Crippen molar-refractivity contribution in [2.75, 3.05) is 13.7 Å². The number of carbonyl (C=O) groups is 1. The van der Waals surface area contributed by atoms with Gasteiger partial charge in [0.05, 0.1) is 18.5 Å². The smallest absolute Gasteiger partial charge is 0.161 e. The molecule has 3 rings (SSSR count). The van der Waals surface area contributed by atoms with Crippen LogP contribution in [0, 0.1) is 0 Å². The summed E-state index contributed by atoms with van der Waals surface area (Å²) in [6.07, 6.45) is 1.59. The van der Waals surface area contributed by atoms with Gasteiger partial charge in [-0.2, -0.15) is 0 Å². The Morgan fingerprint density at radius 3 is 2.81 bits per heavy atom. The highest BCUT2D eigenvalue weighted by Crippen LogP contribution is 2.29. The first-order valence-electron chi connectivity index (χ1n) is 6.70. The Bertz CT molecular complexity index is 707. The number of fused-ring (bicyclic) bond motifs is 1. The fraction of sp³-hybridized carbons (Fsp3) is 0.176. The molecule has 0 atom stereocenters. The molecule has 0 saturated carbocycles. The first kappa shape index (κ1) is 13.4. The first-order chi connectivity index (χ1) is 10.3. The van der Waals surface area contributed by atoms with Gasteiger partial charge in [0, 0.05) is 12.0 Å². The number of aldehydes is 1. The lowest BCUT2D eigenvalue weighted by Gasteiger charge is -2.10. The quantitative estimate of drug-likeness (QED) is 0.791. The molecule has 0 spiro atoms. The summed E-state index contributed by atoms with van der Waals surface area (Å²) < 4.78 is 11.0. The highest BCUT2D eigenvalue weighted by molar-refractivity contribution is 5.95. The van der Waals surface area contributed by atoms with Gasteiger partial charge in [0.2, 0.25) is 0 Å². The van der Waals surface area contributed by atoms with Crippen molar-refractivity contribution < 1.29 is 14.3 Å². The molecule has 0 saturated heterocycles. The molecule has 0 bridgehead atoms. The number of para-hydroxylation sites is 1. The summed E-state index contributed by atoms with van der Waals surface area (Å²) in [5.41, 5.74) is 3.78. The average Bonchev–Trinajstić information content (AvgIpc) is 2.95. The van der Waals surface area contributed by atoms with Crippen LogP contribution >= 0.6 is 0 Å². The van der Waals surface area contributed by atoms with Crippen molar-refractivity contribution in [3.8, 4) is 11.5 Å². The largest absolute Gasteiger partial charge is 0.493 e. The Kier molecular flexibility index (Phi) is 3.69. The van der Waals surface area contributed by atoms with Crippen LogP contribution in [-0.2, 0) is 6.42 Å². The summed E-state index contributed by atoms with van der Waals surface area (Å²) >= 11 is 0. The molecule has 0 N–H and O–H groups in total. The molecular formula is C17H15NO3. The maximum absolute atomic E-state index is 10.8. The SMILES string of the molecule is COc1cc(C=O)ccc1OCC1=Nc2ccccc2C1. The van der Waals surface area contributed by atoms with Gasteiger partial charge in [0.1, 0.15) is 12.9 Å². The lowest BCUT2D eigenvalue weighted by molar-refractivity contribution is 0.112. The van der Waals surface area contributed by atoms with Crippen LogP contribution < -0.4 is 9.47 Å². The molecule has 2 aromatic rings. The van der Waals surface area contributed by atoms with Crippen molar-refractivity contribution >= 4 is 17.7 Å². The zero-order chi connectivity index (χ0) is 14.7. The minimum absolute atomic E-state index is 0.408. The summed E-state index contributed by atoms with van der Waals surface area (Å²) in [6, 6.07) is 13.2. The molecule has 4 nitrogen and oxygen atoms in total. The lowest BCUT2D eigenvalue weighted by atomic mass is 10.1. The van der Waals surface area contributed by atoms with E-state index in [1.165, 1.54) is 5.56 Å². The maximum atomic E-state index is 10.8. The number of hydrogen-bond donors (Lipinski definition) is 0. The molecule has 106 valence electrons. The number of hydrogen-bond acceptors (Lipinski definition) is 4. The summed E-state index contributed by atoms with van der Waals surface area (Å²) in [4.78, 5) is 15.3. The number of methoxy groups -OCH3 is 1.